The number of aryl methyl sites for hydroxylation is 1. The van der Waals surface area contributed by atoms with Crippen molar-refractivity contribution in [1.82, 2.24) is 10.2 Å². The third-order valence-corrected chi connectivity index (χ3v) is 5.35. The lowest BCUT2D eigenvalue weighted by atomic mass is 10.0. The van der Waals surface area contributed by atoms with Crippen molar-refractivity contribution in [3.8, 4) is 0 Å². The first-order valence-corrected chi connectivity index (χ1v) is 8.80. The van der Waals surface area contributed by atoms with E-state index in [0.29, 0.717) is 6.04 Å². The molecule has 1 saturated carbocycles. The van der Waals surface area contributed by atoms with E-state index in [0.717, 1.165) is 18.5 Å². The number of fused-ring (bicyclic) bond motifs is 2. The largest absolute Gasteiger partial charge is 0.310 e. The van der Waals surface area contributed by atoms with E-state index in [9.17, 15) is 0 Å². The maximum absolute atomic E-state index is 3.75. The second-order valence-electron chi connectivity index (χ2n) is 7.03. The molecule has 2 nitrogen and oxygen atoms in total. The minimum absolute atomic E-state index is 0.518. The second kappa shape index (κ2) is 6.93. The topological polar surface area (TPSA) is 15.3 Å². The normalized spacial score (nSPS) is 26.4. The Balaban J connectivity index is 1.58. The Morgan fingerprint density at radius 2 is 2.05 bits per heavy atom. The molecule has 3 rings (SSSR count). The number of benzene rings is 1. The van der Waals surface area contributed by atoms with Gasteiger partial charge in [0.1, 0.15) is 0 Å². The molecule has 2 aliphatic rings. The summed E-state index contributed by atoms with van der Waals surface area (Å²) in [5.74, 6) is 1.01. The molecule has 0 spiro atoms. The summed E-state index contributed by atoms with van der Waals surface area (Å²) >= 11 is 0. The van der Waals surface area contributed by atoms with Crippen molar-refractivity contribution >= 4 is 0 Å². The quantitative estimate of drug-likeness (QED) is 0.817. The van der Waals surface area contributed by atoms with Crippen molar-refractivity contribution in [2.75, 3.05) is 19.6 Å². The Kier molecular flexibility index (Phi) is 4.97. The molecule has 2 bridgehead atoms. The summed E-state index contributed by atoms with van der Waals surface area (Å²) in [7, 11) is 0. The minimum Gasteiger partial charge on any atom is -0.310 e. The molecule has 2 fully saturated rings. The van der Waals surface area contributed by atoms with Crippen LogP contribution in [0.5, 0.6) is 0 Å². The van der Waals surface area contributed by atoms with E-state index >= 15 is 0 Å². The smallest absolute Gasteiger partial charge is 0.0332 e. The first-order valence-electron chi connectivity index (χ1n) is 8.80. The summed E-state index contributed by atoms with van der Waals surface area (Å²) in [6.07, 6.45) is 6.85. The molecule has 2 heteroatoms. The van der Waals surface area contributed by atoms with Crippen LogP contribution in [0, 0.1) is 12.8 Å². The molecule has 3 atom stereocenters. The fourth-order valence-electron chi connectivity index (χ4n) is 4.10. The number of hydrogen-bond acceptors (Lipinski definition) is 2. The highest BCUT2D eigenvalue weighted by atomic mass is 15.2. The Labute approximate surface area is 129 Å². The molecule has 21 heavy (non-hydrogen) atoms. The molecule has 0 aromatic heterocycles. The van der Waals surface area contributed by atoms with E-state index in [4.69, 9.17) is 0 Å². The summed E-state index contributed by atoms with van der Waals surface area (Å²) in [5.41, 5.74) is 2.81. The van der Waals surface area contributed by atoms with E-state index in [1.807, 2.05) is 0 Å². The SMILES string of the molecule is CCCNC(CCN1CC2CCC1C2)c1ccc(C)cc1. The number of nitrogens with zero attached hydrogens (tertiary/aromatic N) is 1. The number of likely N-dealkylation sites (tertiary alicyclic amines) is 1. The average molecular weight is 286 g/mol. The van der Waals surface area contributed by atoms with E-state index in [1.54, 1.807) is 0 Å². The van der Waals surface area contributed by atoms with Gasteiger partial charge in [-0.3, -0.25) is 0 Å². The number of rotatable bonds is 7. The summed E-state index contributed by atoms with van der Waals surface area (Å²) in [6.45, 7) is 8.15. The molecule has 116 valence electrons. The molecule has 1 N–H and O–H groups in total. The fraction of sp³-hybridized carbons (Fsp3) is 0.684. The monoisotopic (exact) mass is 286 g/mol. The lowest BCUT2D eigenvalue weighted by Crippen LogP contribution is -2.35. The maximum atomic E-state index is 3.75. The lowest BCUT2D eigenvalue weighted by molar-refractivity contribution is 0.202. The predicted octanol–water partition coefficient (Wildman–Crippen LogP) is 3.91. The molecular formula is C19H30N2. The van der Waals surface area contributed by atoms with Gasteiger partial charge in [0.2, 0.25) is 0 Å². The first kappa shape index (κ1) is 15.1. The molecule has 1 heterocycles. The van der Waals surface area contributed by atoms with Crippen LogP contribution in [-0.2, 0) is 0 Å². The summed E-state index contributed by atoms with van der Waals surface area (Å²) in [4.78, 5) is 2.75. The Hall–Kier alpha value is -0.860. The van der Waals surface area contributed by atoms with Gasteiger partial charge in [-0.25, -0.2) is 0 Å². The highest BCUT2D eigenvalue weighted by Crippen LogP contribution is 2.37. The lowest BCUT2D eigenvalue weighted by Gasteiger charge is -2.29. The number of piperidine rings is 1. The van der Waals surface area contributed by atoms with Gasteiger partial charge in [-0.05, 0) is 57.1 Å². The second-order valence-corrected chi connectivity index (χ2v) is 7.03. The predicted molar refractivity (Wildman–Crippen MR) is 89.5 cm³/mol. The van der Waals surface area contributed by atoms with Crippen molar-refractivity contribution in [2.45, 2.75) is 58.0 Å². The van der Waals surface area contributed by atoms with Crippen molar-refractivity contribution < 1.29 is 0 Å². The molecule has 3 unspecified atom stereocenters. The van der Waals surface area contributed by atoms with Crippen LogP contribution >= 0.6 is 0 Å². The van der Waals surface area contributed by atoms with Gasteiger partial charge in [-0.2, -0.15) is 0 Å². The van der Waals surface area contributed by atoms with Gasteiger partial charge in [0, 0.05) is 25.2 Å². The third kappa shape index (κ3) is 3.67. The molecule has 1 aliphatic heterocycles. The van der Waals surface area contributed by atoms with Crippen LogP contribution in [-0.4, -0.2) is 30.6 Å². The molecule has 0 amide bonds. The van der Waals surface area contributed by atoms with E-state index in [2.05, 4.69) is 48.3 Å². The minimum atomic E-state index is 0.518. The number of nitrogens with one attached hydrogen (secondary N) is 1. The fourth-order valence-corrected chi connectivity index (χ4v) is 4.10. The van der Waals surface area contributed by atoms with Crippen LogP contribution in [0.3, 0.4) is 0 Å². The van der Waals surface area contributed by atoms with E-state index < -0.39 is 0 Å². The van der Waals surface area contributed by atoms with Gasteiger partial charge in [-0.15, -0.1) is 0 Å². The van der Waals surface area contributed by atoms with Crippen LogP contribution in [0.2, 0.25) is 0 Å². The van der Waals surface area contributed by atoms with Gasteiger partial charge < -0.3 is 10.2 Å². The van der Waals surface area contributed by atoms with E-state index in [-0.39, 0.29) is 0 Å². The summed E-state index contributed by atoms with van der Waals surface area (Å²) in [5, 5.41) is 3.75. The molecule has 1 saturated heterocycles. The molecule has 1 aromatic rings. The Bertz CT molecular complexity index is 439. The van der Waals surface area contributed by atoms with Crippen LogP contribution < -0.4 is 5.32 Å². The average Bonchev–Trinajstić information content (AvgIpc) is 3.11. The van der Waals surface area contributed by atoms with Gasteiger partial charge in [-0.1, -0.05) is 36.8 Å². The van der Waals surface area contributed by atoms with Crippen molar-refractivity contribution in [2.24, 2.45) is 5.92 Å². The van der Waals surface area contributed by atoms with Crippen LogP contribution in [0.4, 0.5) is 0 Å². The van der Waals surface area contributed by atoms with Crippen molar-refractivity contribution in [3.63, 3.8) is 0 Å². The number of hydrogen-bond donors (Lipinski definition) is 1. The van der Waals surface area contributed by atoms with Crippen molar-refractivity contribution in [3.05, 3.63) is 35.4 Å². The van der Waals surface area contributed by atoms with Gasteiger partial charge in [0.05, 0.1) is 0 Å². The summed E-state index contributed by atoms with van der Waals surface area (Å²) < 4.78 is 0. The highest BCUT2D eigenvalue weighted by Gasteiger charge is 2.37. The van der Waals surface area contributed by atoms with Crippen LogP contribution in [0.1, 0.15) is 56.2 Å². The maximum Gasteiger partial charge on any atom is 0.0332 e. The zero-order valence-electron chi connectivity index (χ0n) is 13.6. The highest BCUT2D eigenvalue weighted by molar-refractivity contribution is 5.24. The Morgan fingerprint density at radius 1 is 1.24 bits per heavy atom. The van der Waals surface area contributed by atoms with Gasteiger partial charge >= 0.3 is 0 Å². The first-order chi connectivity index (χ1) is 10.3. The molecule has 1 aliphatic carbocycles. The standard InChI is InChI=1S/C19H30N2/c1-3-11-20-19(17-7-4-15(2)5-8-17)10-12-21-14-16-6-9-18(21)13-16/h4-5,7-8,16,18-20H,3,6,9-14H2,1-2H3. The summed E-state index contributed by atoms with van der Waals surface area (Å²) in [6, 6.07) is 10.5. The van der Waals surface area contributed by atoms with E-state index in [1.165, 1.54) is 56.3 Å². The molecule has 1 aromatic carbocycles. The zero-order valence-corrected chi connectivity index (χ0v) is 13.6. The van der Waals surface area contributed by atoms with Crippen LogP contribution in [0.25, 0.3) is 0 Å². The van der Waals surface area contributed by atoms with Gasteiger partial charge in [0.15, 0.2) is 0 Å². The third-order valence-electron chi connectivity index (χ3n) is 5.35. The molecule has 0 radical (unpaired) electrons. The van der Waals surface area contributed by atoms with Gasteiger partial charge in [0.25, 0.3) is 0 Å². The molecular weight excluding hydrogens is 256 g/mol. The Morgan fingerprint density at radius 3 is 2.67 bits per heavy atom. The van der Waals surface area contributed by atoms with Crippen molar-refractivity contribution in [1.29, 1.82) is 0 Å². The zero-order chi connectivity index (χ0) is 14.7. The van der Waals surface area contributed by atoms with Crippen LogP contribution in [0.15, 0.2) is 24.3 Å².